The standard InChI is InChI=1S/C26H26ClN5O4/c1-3-20(33)29-11-12-36-19-14-28-10-7-15(19)22-23(30-17-6-4-5-16(27)24(17)35-2)21-18(31-22)13-26(8-9-26)32-25(21)34/h3-7,10,14,30-31H,1,8-9,11-13H2,2H3,(H,29,33)(H,32,34). The first-order valence-corrected chi connectivity index (χ1v) is 12.0. The summed E-state index contributed by atoms with van der Waals surface area (Å²) in [6, 6.07) is 7.20. The Bertz CT molecular complexity index is 1350. The van der Waals surface area contributed by atoms with Crippen LogP contribution < -0.4 is 25.4 Å². The van der Waals surface area contributed by atoms with Crippen molar-refractivity contribution in [3.8, 4) is 22.8 Å². The molecular formula is C26H26ClN5O4. The van der Waals surface area contributed by atoms with Crippen molar-refractivity contribution >= 4 is 34.8 Å². The van der Waals surface area contributed by atoms with Gasteiger partial charge in [-0.1, -0.05) is 24.2 Å². The molecule has 2 amide bonds. The second kappa shape index (κ2) is 9.58. The molecule has 0 atom stereocenters. The van der Waals surface area contributed by atoms with Gasteiger partial charge in [-0.3, -0.25) is 14.6 Å². The van der Waals surface area contributed by atoms with Crippen LogP contribution in [0.15, 0.2) is 49.3 Å². The Hall–Kier alpha value is -3.98. The zero-order chi connectivity index (χ0) is 25.3. The summed E-state index contributed by atoms with van der Waals surface area (Å²) in [5.74, 6) is 0.568. The normalized spacial score (nSPS) is 15.0. The van der Waals surface area contributed by atoms with Crippen molar-refractivity contribution in [2.24, 2.45) is 0 Å². The summed E-state index contributed by atoms with van der Waals surface area (Å²) in [5, 5.41) is 9.70. The third-order valence-corrected chi connectivity index (χ3v) is 6.68. The van der Waals surface area contributed by atoms with Crippen molar-refractivity contribution in [2.75, 3.05) is 25.6 Å². The predicted molar refractivity (Wildman–Crippen MR) is 137 cm³/mol. The topological polar surface area (TPSA) is 117 Å². The molecule has 1 aliphatic carbocycles. The lowest BCUT2D eigenvalue weighted by atomic mass is 9.98. The molecule has 1 saturated carbocycles. The van der Waals surface area contributed by atoms with Crippen LogP contribution in [-0.2, 0) is 11.2 Å². The molecule has 9 nitrogen and oxygen atoms in total. The lowest BCUT2D eigenvalue weighted by Crippen LogP contribution is -2.43. The average molecular weight is 508 g/mol. The number of aromatic amines is 1. The molecule has 5 rings (SSSR count). The third-order valence-electron chi connectivity index (χ3n) is 6.38. The number of anilines is 2. The molecular weight excluding hydrogens is 482 g/mol. The van der Waals surface area contributed by atoms with E-state index in [4.69, 9.17) is 21.1 Å². The first-order chi connectivity index (χ1) is 17.4. The Morgan fingerprint density at radius 3 is 2.92 bits per heavy atom. The SMILES string of the molecule is C=CC(=O)NCCOc1cnccc1-c1[nH]c2c(c1Nc1cccc(Cl)c1OC)C(=O)NC1(CC1)C2. The number of fused-ring (bicyclic) bond motifs is 1. The maximum atomic E-state index is 13.3. The molecule has 0 saturated heterocycles. The van der Waals surface area contributed by atoms with Crippen molar-refractivity contribution in [1.82, 2.24) is 20.6 Å². The Kier molecular flexibility index (Phi) is 6.32. The number of rotatable bonds is 9. The van der Waals surface area contributed by atoms with Crippen molar-refractivity contribution in [3.05, 3.63) is 65.6 Å². The number of hydrogen-bond donors (Lipinski definition) is 4. The zero-order valence-electron chi connectivity index (χ0n) is 19.7. The Morgan fingerprint density at radius 1 is 1.33 bits per heavy atom. The van der Waals surface area contributed by atoms with E-state index in [9.17, 15) is 9.59 Å². The van der Waals surface area contributed by atoms with Crippen LogP contribution >= 0.6 is 11.6 Å². The molecule has 1 aromatic carbocycles. The molecule has 3 aromatic rings. The van der Waals surface area contributed by atoms with Crippen LogP contribution in [0.5, 0.6) is 11.5 Å². The van der Waals surface area contributed by atoms with Crippen LogP contribution in [0.25, 0.3) is 11.3 Å². The molecule has 2 aromatic heterocycles. The summed E-state index contributed by atoms with van der Waals surface area (Å²) in [5.41, 5.74) is 3.85. The van der Waals surface area contributed by atoms with E-state index in [1.54, 1.807) is 25.6 Å². The van der Waals surface area contributed by atoms with Crippen LogP contribution in [0.3, 0.4) is 0 Å². The number of aromatic nitrogens is 2. The van der Waals surface area contributed by atoms with E-state index in [1.807, 2.05) is 18.2 Å². The molecule has 4 N–H and O–H groups in total. The highest BCUT2D eigenvalue weighted by atomic mass is 35.5. The molecule has 36 heavy (non-hydrogen) atoms. The number of para-hydroxylation sites is 1. The maximum absolute atomic E-state index is 13.3. The van der Waals surface area contributed by atoms with Gasteiger partial charge in [0, 0.05) is 29.4 Å². The van der Waals surface area contributed by atoms with Crippen molar-refractivity contribution < 1.29 is 19.1 Å². The first-order valence-electron chi connectivity index (χ1n) is 11.6. The molecule has 0 unspecified atom stereocenters. The fourth-order valence-electron chi connectivity index (χ4n) is 4.46. The predicted octanol–water partition coefficient (Wildman–Crippen LogP) is 3.98. The molecule has 0 radical (unpaired) electrons. The van der Waals surface area contributed by atoms with Gasteiger partial charge in [0.2, 0.25) is 5.91 Å². The third kappa shape index (κ3) is 4.49. The number of nitrogens with zero attached hydrogens (tertiary/aromatic N) is 1. The lowest BCUT2D eigenvalue weighted by molar-refractivity contribution is -0.116. The maximum Gasteiger partial charge on any atom is 0.255 e. The second-order valence-corrected chi connectivity index (χ2v) is 9.21. The summed E-state index contributed by atoms with van der Waals surface area (Å²) < 4.78 is 11.5. The fraction of sp³-hybridized carbons (Fsp3) is 0.269. The minimum Gasteiger partial charge on any atom is -0.493 e. The van der Waals surface area contributed by atoms with E-state index < -0.39 is 0 Å². The molecule has 1 aliphatic heterocycles. The number of H-pyrrole nitrogens is 1. The molecule has 10 heteroatoms. The molecule has 2 aliphatic rings. The summed E-state index contributed by atoms with van der Waals surface area (Å²) in [6.07, 6.45) is 7.10. The van der Waals surface area contributed by atoms with E-state index in [1.165, 1.54) is 6.08 Å². The van der Waals surface area contributed by atoms with Gasteiger partial charge in [-0.25, -0.2) is 0 Å². The number of nitrogens with one attached hydrogen (secondary N) is 4. The van der Waals surface area contributed by atoms with Crippen LogP contribution in [-0.4, -0.2) is 47.6 Å². The number of amides is 2. The van der Waals surface area contributed by atoms with Crippen LogP contribution in [0, 0.1) is 0 Å². The number of benzene rings is 1. The number of ether oxygens (including phenoxy) is 2. The average Bonchev–Trinajstić information content (AvgIpc) is 3.51. The highest BCUT2D eigenvalue weighted by Crippen LogP contribution is 2.47. The Morgan fingerprint density at radius 2 is 2.17 bits per heavy atom. The minimum absolute atomic E-state index is 0.136. The van der Waals surface area contributed by atoms with E-state index in [0.717, 1.165) is 24.1 Å². The number of carbonyl (C=O) groups excluding carboxylic acids is 2. The second-order valence-electron chi connectivity index (χ2n) is 8.80. The highest BCUT2D eigenvalue weighted by molar-refractivity contribution is 6.32. The van der Waals surface area contributed by atoms with Gasteiger partial charge in [0.25, 0.3) is 5.91 Å². The summed E-state index contributed by atoms with van der Waals surface area (Å²) >= 11 is 6.36. The number of pyridine rings is 1. The van der Waals surface area contributed by atoms with Crippen molar-refractivity contribution in [1.29, 1.82) is 0 Å². The number of methoxy groups -OCH3 is 1. The van der Waals surface area contributed by atoms with Gasteiger partial charge in [0.15, 0.2) is 5.75 Å². The van der Waals surface area contributed by atoms with E-state index in [0.29, 0.717) is 52.1 Å². The molecule has 1 spiro atoms. The van der Waals surface area contributed by atoms with E-state index >= 15 is 0 Å². The largest absolute Gasteiger partial charge is 0.493 e. The number of halogens is 1. The van der Waals surface area contributed by atoms with Gasteiger partial charge in [-0.2, -0.15) is 0 Å². The summed E-state index contributed by atoms with van der Waals surface area (Å²) in [7, 11) is 1.55. The van der Waals surface area contributed by atoms with E-state index in [-0.39, 0.29) is 24.0 Å². The molecule has 0 bridgehead atoms. The highest BCUT2D eigenvalue weighted by Gasteiger charge is 2.49. The first kappa shape index (κ1) is 23.7. The van der Waals surface area contributed by atoms with Crippen LogP contribution in [0.1, 0.15) is 28.9 Å². The zero-order valence-corrected chi connectivity index (χ0v) is 20.5. The molecule has 186 valence electrons. The molecule has 1 fully saturated rings. The minimum atomic E-state index is -0.274. The number of hydrogen-bond acceptors (Lipinski definition) is 6. The van der Waals surface area contributed by atoms with Crippen molar-refractivity contribution in [2.45, 2.75) is 24.8 Å². The summed E-state index contributed by atoms with van der Waals surface area (Å²) in [6.45, 7) is 3.97. The fourth-order valence-corrected chi connectivity index (χ4v) is 4.71. The van der Waals surface area contributed by atoms with Gasteiger partial charge in [-0.15, -0.1) is 0 Å². The quantitative estimate of drug-likeness (QED) is 0.257. The van der Waals surface area contributed by atoms with Gasteiger partial charge in [0.05, 0.1) is 47.5 Å². The van der Waals surface area contributed by atoms with Gasteiger partial charge < -0.3 is 30.4 Å². The number of carbonyl (C=O) groups is 2. The lowest BCUT2D eigenvalue weighted by Gasteiger charge is -2.24. The summed E-state index contributed by atoms with van der Waals surface area (Å²) in [4.78, 5) is 32.4. The Balaban J connectivity index is 1.55. The monoisotopic (exact) mass is 507 g/mol. The van der Waals surface area contributed by atoms with Crippen LogP contribution in [0.2, 0.25) is 5.02 Å². The smallest absolute Gasteiger partial charge is 0.255 e. The van der Waals surface area contributed by atoms with Crippen molar-refractivity contribution in [3.63, 3.8) is 0 Å². The Labute approximate surface area is 213 Å². The van der Waals surface area contributed by atoms with Gasteiger partial charge in [-0.05, 0) is 37.1 Å². The molecule has 3 heterocycles. The van der Waals surface area contributed by atoms with Gasteiger partial charge >= 0.3 is 0 Å². The van der Waals surface area contributed by atoms with Crippen LogP contribution in [0.4, 0.5) is 11.4 Å². The van der Waals surface area contributed by atoms with E-state index in [2.05, 4.69) is 32.5 Å². The van der Waals surface area contributed by atoms with Gasteiger partial charge in [0.1, 0.15) is 12.4 Å².